The lowest BCUT2D eigenvalue weighted by atomic mass is 10.1. The third-order valence-corrected chi connectivity index (χ3v) is 5.47. The molecule has 1 aliphatic rings. The minimum Gasteiger partial charge on any atom is -0.368 e. The van der Waals surface area contributed by atoms with E-state index in [0.717, 1.165) is 18.9 Å². The third-order valence-electron chi connectivity index (χ3n) is 5.47. The van der Waals surface area contributed by atoms with Crippen LogP contribution in [0.4, 0.5) is 5.69 Å². The van der Waals surface area contributed by atoms with Crippen molar-refractivity contribution in [3.8, 4) is 5.82 Å². The summed E-state index contributed by atoms with van der Waals surface area (Å²) in [6, 6.07) is 10.3. The molecular formula is C21H25N5O. The fraction of sp³-hybridized carbons (Fsp3) is 0.333. The lowest BCUT2D eigenvalue weighted by molar-refractivity contribution is 0.0746. The molecule has 0 radical (unpaired) electrons. The molecule has 1 fully saturated rings. The van der Waals surface area contributed by atoms with Gasteiger partial charge in [0.1, 0.15) is 11.4 Å². The van der Waals surface area contributed by atoms with E-state index in [1.54, 1.807) is 10.9 Å². The van der Waals surface area contributed by atoms with E-state index in [-0.39, 0.29) is 5.91 Å². The number of benzene rings is 1. The maximum absolute atomic E-state index is 13.1. The van der Waals surface area contributed by atoms with E-state index in [0.29, 0.717) is 18.7 Å². The van der Waals surface area contributed by atoms with E-state index >= 15 is 0 Å². The Hall–Kier alpha value is -3.02. The molecule has 4 rings (SSSR count). The Labute approximate surface area is 159 Å². The first kappa shape index (κ1) is 17.4. The number of piperazine rings is 1. The first-order valence-electron chi connectivity index (χ1n) is 9.32. The van der Waals surface area contributed by atoms with Gasteiger partial charge in [0.05, 0.1) is 6.20 Å². The van der Waals surface area contributed by atoms with Gasteiger partial charge in [-0.3, -0.25) is 9.48 Å². The van der Waals surface area contributed by atoms with E-state index in [2.05, 4.69) is 42.0 Å². The SMILES string of the molecule is Cc1cccc(N2CCN(C(=O)c3cnn(C)c3-n3cccc3)CC2)c1C. The van der Waals surface area contributed by atoms with Gasteiger partial charge < -0.3 is 14.4 Å². The second-order valence-electron chi connectivity index (χ2n) is 7.09. The quantitative estimate of drug-likeness (QED) is 0.719. The van der Waals surface area contributed by atoms with E-state index in [1.807, 2.05) is 41.0 Å². The van der Waals surface area contributed by atoms with Crippen molar-refractivity contribution in [3.63, 3.8) is 0 Å². The van der Waals surface area contributed by atoms with Gasteiger partial charge in [0.2, 0.25) is 0 Å². The molecule has 0 atom stereocenters. The molecule has 140 valence electrons. The summed E-state index contributed by atoms with van der Waals surface area (Å²) in [6.45, 7) is 7.42. The fourth-order valence-corrected chi connectivity index (χ4v) is 3.76. The molecule has 0 unspecified atom stereocenters. The standard InChI is InChI=1S/C21H25N5O/c1-16-7-6-8-19(17(16)2)24-11-13-26(14-12-24)21(27)18-15-22-23(3)20(18)25-9-4-5-10-25/h4-10,15H,11-14H2,1-3H3. The molecule has 0 aliphatic carbocycles. The minimum absolute atomic E-state index is 0.0485. The molecule has 2 aromatic heterocycles. The lowest BCUT2D eigenvalue weighted by Gasteiger charge is -2.37. The Bertz CT molecular complexity index is 949. The Morgan fingerprint density at radius 1 is 1.00 bits per heavy atom. The zero-order chi connectivity index (χ0) is 19.0. The van der Waals surface area contributed by atoms with Crippen LogP contribution in [-0.4, -0.2) is 51.3 Å². The van der Waals surface area contributed by atoms with Crippen LogP contribution >= 0.6 is 0 Å². The Morgan fingerprint density at radius 2 is 1.70 bits per heavy atom. The van der Waals surface area contributed by atoms with Crippen molar-refractivity contribution >= 4 is 11.6 Å². The Kier molecular flexibility index (Phi) is 4.48. The van der Waals surface area contributed by atoms with Crippen LogP contribution in [0.5, 0.6) is 0 Å². The lowest BCUT2D eigenvalue weighted by Crippen LogP contribution is -2.49. The van der Waals surface area contributed by atoms with E-state index in [4.69, 9.17) is 0 Å². The summed E-state index contributed by atoms with van der Waals surface area (Å²) >= 11 is 0. The molecule has 0 spiro atoms. The summed E-state index contributed by atoms with van der Waals surface area (Å²) in [6.07, 6.45) is 5.55. The molecule has 1 saturated heterocycles. The second kappa shape index (κ2) is 6.95. The molecule has 3 heterocycles. The zero-order valence-electron chi connectivity index (χ0n) is 16.1. The molecule has 6 nitrogen and oxygen atoms in total. The van der Waals surface area contributed by atoms with Crippen LogP contribution in [0, 0.1) is 13.8 Å². The Morgan fingerprint density at radius 3 is 2.41 bits per heavy atom. The highest BCUT2D eigenvalue weighted by molar-refractivity contribution is 5.97. The maximum Gasteiger partial charge on any atom is 0.259 e. The van der Waals surface area contributed by atoms with Crippen molar-refractivity contribution in [1.82, 2.24) is 19.2 Å². The van der Waals surface area contributed by atoms with Gasteiger partial charge in [0, 0.05) is 51.3 Å². The molecule has 0 bridgehead atoms. The van der Waals surface area contributed by atoms with Gasteiger partial charge >= 0.3 is 0 Å². The van der Waals surface area contributed by atoms with E-state index < -0.39 is 0 Å². The van der Waals surface area contributed by atoms with Gasteiger partial charge in [-0.1, -0.05) is 12.1 Å². The largest absolute Gasteiger partial charge is 0.368 e. The number of aryl methyl sites for hydroxylation is 2. The highest BCUT2D eigenvalue weighted by Gasteiger charge is 2.26. The molecule has 0 saturated carbocycles. The number of hydrogen-bond acceptors (Lipinski definition) is 3. The molecule has 0 N–H and O–H groups in total. The predicted molar refractivity (Wildman–Crippen MR) is 107 cm³/mol. The smallest absolute Gasteiger partial charge is 0.259 e. The molecule has 27 heavy (non-hydrogen) atoms. The first-order chi connectivity index (χ1) is 13.1. The predicted octanol–water partition coefficient (Wildman–Crippen LogP) is 2.79. The van der Waals surface area contributed by atoms with Crippen LogP contribution in [0.25, 0.3) is 5.82 Å². The normalized spacial score (nSPS) is 14.6. The van der Waals surface area contributed by atoms with Crippen molar-refractivity contribution in [3.05, 3.63) is 65.6 Å². The molecule has 1 aliphatic heterocycles. The molecule has 1 aromatic carbocycles. The van der Waals surface area contributed by atoms with Crippen LogP contribution in [0.1, 0.15) is 21.5 Å². The maximum atomic E-state index is 13.1. The van der Waals surface area contributed by atoms with Gasteiger partial charge in [0.25, 0.3) is 5.91 Å². The van der Waals surface area contributed by atoms with Crippen LogP contribution in [-0.2, 0) is 7.05 Å². The van der Waals surface area contributed by atoms with E-state index in [1.165, 1.54) is 16.8 Å². The van der Waals surface area contributed by atoms with Gasteiger partial charge in [-0.05, 0) is 43.2 Å². The number of hydrogen-bond donors (Lipinski definition) is 0. The summed E-state index contributed by atoms with van der Waals surface area (Å²) in [5, 5.41) is 4.31. The van der Waals surface area contributed by atoms with Crippen LogP contribution < -0.4 is 4.90 Å². The molecular weight excluding hydrogens is 338 g/mol. The van der Waals surface area contributed by atoms with Crippen LogP contribution in [0.2, 0.25) is 0 Å². The Balaban J connectivity index is 1.51. The number of amides is 1. The third kappa shape index (κ3) is 3.12. The number of nitrogens with zero attached hydrogens (tertiary/aromatic N) is 5. The first-order valence-corrected chi connectivity index (χ1v) is 9.32. The molecule has 3 aromatic rings. The highest BCUT2D eigenvalue weighted by Crippen LogP contribution is 2.24. The van der Waals surface area contributed by atoms with Crippen LogP contribution in [0.3, 0.4) is 0 Å². The van der Waals surface area contributed by atoms with Crippen molar-refractivity contribution in [2.45, 2.75) is 13.8 Å². The van der Waals surface area contributed by atoms with Crippen molar-refractivity contribution in [1.29, 1.82) is 0 Å². The van der Waals surface area contributed by atoms with Gasteiger partial charge in [-0.2, -0.15) is 5.10 Å². The summed E-state index contributed by atoms with van der Waals surface area (Å²) in [7, 11) is 1.87. The van der Waals surface area contributed by atoms with Crippen LogP contribution in [0.15, 0.2) is 48.9 Å². The number of aromatic nitrogens is 3. The summed E-state index contributed by atoms with van der Waals surface area (Å²) < 4.78 is 3.69. The average Bonchev–Trinajstić information content (AvgIpc) is 3.33. The summed E-state index contributed by atoms with van der Waals surface area (Å²) in [5.74, 6) is 0.856. The highest BCUT2D eigenvalue weighted by atomic mass is 16.2. The number of carbonyl (C=O) groups is 1. The number of rotatable bonds is 3. The summed E-state index contributed by atoms with van der Waals surface area (Å²) in [4.78, 5) is 17.4. The number of anilines is 1. The second-order valence-corrected chi connectivity index (χ2v) is 7.09. The number of carbonyl (C=O) groups excluding carboxylic acids is 1. The summed E-state index contributed by atoms with van der Waals surface area (Å²) in [5.41, 5.74) is 4.54. The van der Waals surface area contributed by atoms with Gasteiger partial charge in [-0.25, -0.2) is 0 Å². The van der Waals surface area contributed by atoms with Crippen molar-refractivity contribution in [2.24, 2.45) is 7.05 Å². The monoisotopic (exact) mass is 363 g/mol. The van der Waals surface area contributed by atoms with E-state index in [9.17, 15) is 4.79 Å². The topological polar surface area (TPSA) is 46.3 Å². The minimum atomic E-state index is 0.0485. The zero-order valence-corrected chi connectivity index (χ0v) is 16.1. The fourth-order valence-electron chi connectivity index (χ4n) is 3.76. The average molecular weight is 363 g/mol. The van der Waals surface area contributed by atoms with Crippen molar-refractivity contribution < 1.29 is 4.79 Å². The van der Waals surface area contributed by atoms with Gasteiger partial charge in [0.15, 0.2) is 0 Å². The molecule has 6 heteroatoms. The van der Waals surface area contributed by atoms with Gasteiger partial charge in [-0.15, -0.1) is 0 Å². The van der Waals surface area contributed by atoms with Crippen molar-refractivity contribution in [2.75, 3.05) is 31.1 Å². The molecule has 1 amide bonds.